The van der Waals surface area contributed by atoms with Crippen LogP contribution >= 0.6 is 15.9 Å². The molecular formula is C14H15BrN2O2S. The molecule has 0 bridgehead atoms. The van der Waals surface area contributed by atoms with Gasteiger partial charge in [0.15, 0.2) is 0 Å². The highest BCUT2D eigenvalue weighted by molar-refractivity contribution is 9.10. The Hall–Kier alpha value is -1.37. The first-order valence-electron chi connectivity index (χ1n) is 6.03. The number of hydrogen-bond acceptors (Lipinski definition) is 3. The van der Waals surface area contributed by atoms with Crippen molar-refractivity contribution in [3.63, 3.8) is 0 Å². The Labute approximate surface area is 127 Å². The van der Waals surface area contributed by atoms with Crippen LogP contribution in [0.5, 0.6) is 0 Å². The summed E-state index contributed by atoms with van der Waals surface area (Å²) in [5.41, 5.74) is 1.77. The summed E-state index contributed by atoms with van der Waals surface area (Å²) < 4.78 is 27.8. The van der Waals surface area contributed by atoms with Gasteiger partial charge in [0.25, 0.3) is 0 Å². The molecule has 2 aromatic rings. The summed E-state index contributed by atoms with van der Waals surface area (Å²) in [5.74, 6) is 0. The second-order valence-corrected chi connectivity index (χ2v) is 6.91. The van der Waals surface area contributed by atoms with Gasteiger partial charge in [0.2, 0.25) is 10.0 Å². The molecule has 0 radical (unpaired) electrons. The molecule has 0 saturated heterocycles. The predicted octanol–water partition coefficient (Wildman–Crippen LogP) is 2.97. The Morgan fingerprint density at radius 1 is 1.10 bits per heavy atom. The van der Waals surface area contributed by atoms with E-state index in [1.54, 1.807) is 31.3 Å². The number of benzene rings is 2. The van der Waals surface area contributed by atoms with Crippen LogP contribution in [0.1, 0.15) is 5.56 Å². The van der Waals surface area contributed by atoms with Crippen LogP contribution in [0.2, 0.25) is 0 Å². The molecule has 4 nitrogen and oxygen atoms in total. The van der Waals surface area contributed by atoms with Gasteiger partial charge in [0, 0.05) is 23.8 Å². The monoisotopic (exact) mass is 354 g/mol. The minimum absolute atomic E-state index is 0.256. The molecule has 2 N–H and O–H groups in total. The number of sulfonamides is 1. The van der Waals surface area contributed by atoms with Crippen molar-refractivity contribution in [2.45, 2.75) is 11.4 Å². The molecule has 0 aliphatic rings. The second-order valence-electron chi connectivity index (χ2n) is 4.23. The van der Waals surface area contributed by atoms with Crippen LogP contribution in [-0.2, 0) is 16.6 Å². The van der Waals surface area contributed by atoms with Crippen molar-refractivity contribution in [1.29, 1.82) is 0 Å². The van der Waals surface area contributed by atoms with E-state index in [-0.39, 0.29) is 11.4 Å². The summed E-state index contributed by atoms with van der Waals surface area (Å²) in [6, 6.07) is 14.1. The zero-order valence-corrected chi connectivity index (χ0v) is 13.3. The Morgan fingerprint density at radius 2 is 1.80 bits per heavy atom. The highest BCUT2D eigenvalue weighted by atomic mass is 79.9. The van der Waals surface area contributed by atoms with Crippen LogP contribution in [0, 0.1) is 0 Å². The Balaban J connectivity index is 2.10. The van der Waals surface area contributed by atoms with Gasteiger partial charge in [-0.25, -0.2) is 13.1 Å². The first-order chi connectivity index (χ1) is 9.51. The fourth-order valence-corrected chi connectivity index (χ4v) is 3.17. The maximum Gasteiger partial charge on any atom is 0.240 e. The van der Waals surface area contributed by atoms with E-state index in [1.807, 2.05) is 24.3 Å². The molecule has 2 aromatic carbocycles. The molecule has 0 aromatic heterocycles. The molecule has 0 heterocycles. The molecule has 20 heavy (non-hydrogen) atoms. The predicted molar refractivity (Wildman–Crippen MR) is 84.2 cm³/mol. The lowest BCUT2D eigenvalue weighted by Gasteiger charge is -2.08. The molecular weight excluding hydrogens is 340 g/mol. The fraction of sp³-hybridized carbons (Fsp3) is 0.143. The van der Waals surface area contributed by atoms with Crippen LogP contribution in [0.15, 0.2) is 57.9 Å². The number of nitrogens with one attached hydrogen (secondary N) is 2. The molecule has 0 amide bonds. The Kier molecular flexibility index (Phi) is 4.80. The summed E-state index contributed by atoms with van der Waals surface area (Å²) in [7, 11) is -1.70. The van der Waals surface area contributed by atoms with E-state index in [0.717, 1.165) is 15.7 Å². The molecule has 6 heteroatoms. The minimum atomic E-state index is -3.49. The Morgan fingerprint density at radius 3 is 2.40 bits per heavy atom. The maximum absolute atomic E-state index is 12.1. The summed E-state index contributed by atoms with van der Waals surface area (Å²) in [6.45, 7) is 0.259. The normalized spacial score (nSPS) is 11.3. The summed E-state index contributed by atoms with van der Waals surface area (Å²) in [6.07, 6.45) is 0. The largest absolute Gasteiger partial charge is 0.388 e. The van der Waals surface area contributed by atoms with Gasteiger partial charge in [-0.15, -0.1) is 0 Å². The standard InChI is InChI=1S/C14H15BrN2O2S/c1-16-13-5-7-14(8-6-13)20(18,19)17-10-11-3-2-4-12(15)9-11/h2-9,16-17H,10H2,1H3. The topological polar surface area (TPSA) is 58.2 Å². The van der Waals surface area contributed by atoms with E-state index in [4.69, 9.17) is 0 Å². The van der Waals surface area contributed by atoms with Gasteiger partial charge >= 0.3 is 0 Å². The minimum Gasteiger partial charge on any atom is -0.388 e. The average Bonchev–Trinajstić information content (AvgIpc) is 2.45. The van der Waals surface area contributed by atoms with Crippen LogP contribution in [0.25, 0.3) is 0 Å². The molecule has 2 rings (SSSR count). The molecule has 0 fully saturated rings. The lowest BCUT2D eigenvalue weighted by atomic mass is 10.2. The fourth-order valence-electron chi connectivity index (χ4n) is 1.71. The van der Waals surface area contributed by atoms with E-state index in [9.17, 15) is 8.42 Å². The maximum atomic E-state index is 12.1. The zero-order chi connectivity index (χ0) is 14.6. The summed E-state index contributed by atoms with van der Waals surface area (Å²) >= 11 is 3.36. The van der Waals surface area contributed by atoms with E-state index >= 15 is 0 Å². The third-order valence-corrected chi connectivity index (χ3v) is 4.72. The van der Waals surface area contributed by atoms with Gasteiger partial charge in [0.1, 0.15) is 0 Å². The van der Waals surface area contributed by atoms with Crippen LogP contribution < -0.4 is 10.0 Å². The first kappa shape index (κ1) is 15.0. The van der Waals surface area contributed by atoms with Crippen molar-refractivity contribution in [1.82, 2.24) is 4.72 Å². The van der Waals surface area contributed by atoms with Gasteiger partial charge in [-0.1, -0.05) is 28.1 Å². The smallest absolute Gasteiger partial charge is 0.240 e. The van der Waals surface area contributed by atoms with Gasteiger partial charge in [-0.2, -0.15) is 0 Å². The highest BCUT2D eigenvalue weighted by Crippen LogP contribution is 2.15. The van der Waals surface area contributed by atoms with Gasteiger partial charge < -0.3 is 5.32 Å². The van der Waals surface area contributed by atoms with Crippen LogP contribution in [-0.4, -0.2) is 15.5 Å². The second kappa shape index (κ2) is 6.39. The van der Waals surface area contributed by atoms with Gasteiger partial charge in [-0.3, -0.25) is 0 Å². The van der Waals surface area contributed by atoms with E-state index in [1.165, 1.54) is 0 Å². The first-order valence-corrected chi connectivity index (χ1v) is 8.31. The SMILES string of the molecule is CNc1ccc(S(=O)(=O)NCc2cccc(Br)c2)cc1. The number of hydrogen-bond donors (Lipinski definition) is 2. The third kappa shape index (κ3) is 3.82. The highest BCUT2D eigenvalue weighted by Gasteiger charge is 2.13. The molecule has 0 saturated carbocycles. The zero-order valence-electron chi connectivity index (χ0n) is 10.9. The van der Waals surface area contributed by atoms with Crippen molar-refractivity contribution >= 4 is 31.6 Å². The number of rotatable bonds is 5. The van der Waals surface area contributed by atoms with E-state index < -0.39 is 10.0 Å². The van der Waals surface area contributed by atoms with Gasteiger partial charge in [0.05, 0.1) is 4.90 Å². The summed E-state index contributed by atoms with van der Waals surface area (Å²) in [4.78, 5) is 0.256. The van der Waals surface area contributed by atoms with Gasteiger partial charge in [-0.05, 0) is 42.0 Å². The average molecular weight is 355 g/mol. The Bertz CT molecular complexity index is 685. The van der Waals surface area contributed by atoms with Crippen molar-refractivity contribution in [2.24, 2.45) is 0 Å². The molecule has 106 valence electrons. The van der Waals surface area contributed by atoms with Crippen molar-refractivity contribution in [3.8, 4) is 0 Å². The third-order valence-electron chi connectivity index (χ3n) is 2.81. The molecule has 0 aliphatic heterocycles. The molecule has 0 spiro atoms. The van der Waals surface area contributed by atoms with E-state index in [0.29, 0.717) is 0 Å². The lowest BCUT2D eigenvalue weighted by Crippen LogP contribution is -2.23. The number of anilines is 1. The molecule has 0 unspecified atom stereocenters. The lowest BCUT2D eigenvalue weighted by molar-refractivity contribution is 0.581. The van der Waals surface area contributed by atoms with E-state index in [2.05, 4.69) is 26.0 Å². The van der Waals surface area contributed by atoms with Crippen molar-refractivity contribution in [2.75, 3.05) is 12.4 Å². The molecule has 0 atom stereocenters. The van der Waals surface area contributed by atoms with Crippen molar-refractivity contribution in [3.05, 3.63) is 58.6 Å². The number of halogens is 1. The van der Waals surface area contributed by atoms with Crippen LogP contribution in [0.4, 0.5) is 5.69 Å². The summed E-state index contributed by atoms with van der Waals surface area (Å²) in [5, 5.41) is 2.95. The van der Waals surface area contributed by atoms with Crippen LogP contribution in [0.3, 0.4) is 0 Å². The molecule has 0 aliphatic carbocycles. The van der Waals surface area contributed by atoms with Crippen molar-refractivity contribution < 1.29 is 8.42 Å². The quantitative estimate of drug-likeness (QED) is 0.867.